The fraction of sp³-hybridized carbons (Fsp3) is 0.417. The van der Waals surface area contributed by atoms with Crippen molar-refractivity contribution in [2.24, 2.45) is 0 Å². The minimum atomic E-state index is -0.793. The van der Waals surface area contributed by atoms with Gasteiger partial charge in [0.05, 0.1) is 6.61 Å². The van der Waals surface area contributed by atoms with Crippen LogP contribution in [0.15, 0.2) is 18.2 Å². The molecule has 0 spiro atoms. The smallest absolute Gasteiger partial charge is 0.303 e. The van der Waals surface area contributed by atoms with E-state index in [2.05, 4.69) is 0 Å². The first-order valence-corrected chi connectivity index (χ1v) is 5.31. The summed E-state index contributed by atoms with van der Waals surface area (Å²) in [7, 11) is 0. The summed E-state index contributed by atoms with van der Waals surface area (Å²) in [5.41, 5.74) is 0.866. The molecule has 0 aromatic heterocycles. The van der Waals surface area contributed by atoms with Gasteiger partial charge in [-0.1, -0.05) is 0 Å². The Hall–Kier alpha value is -1.58. The van der Waals surface area contributed by atoms with Crippen LogP contribution in [-0.4, -0.2) is 17.7 Å². The predicted octanol–water partition coefficient (Wildman–Crippen LogP) is 2.56. The SMILES string of the molecule is O=C(O)CCCC1COc2ccc(F)cc21. The molecule has 1 heterocycles. The van der Waals surface area contributed by atoms with E-state index < -0.39 is 5.97 Å². The largest absolute Gasteiger partial charge is 0.493 e. The van der Waals surface area contributed by atoms with Crippen LogP contribution in [0.5, 0.6) is 5.75 Å². The lowest BCUT2D eigenvalue weighted by molar-refractivity contribution is -0.137. The fourth-order valence-corrected chi connectivity index (χ4v) is 1.99. The second-order valence-electron chi connectivity index (χ2n) is 3.98. The number of hydrogen-bond donors (Lipinski definition) is 1. The van der Waals surface area contributed by atoms with Gasteiger partial charge < -0.3 is 9.84 Å². The van der Waals surface area contributed by atoms with Crippen LogP contribution >= 0.6 is 0 Å². The number of carbonyl (C=O) groups is 1. The van der Waals surface area contributed by atoms with E-state index in [1.54, 1.807) is 6.07 Å². The van der Waals surface area contributed by atoms with Gasteiger partial charge in [-0.2, -0.15) is 0 Å². The number of halogens is 1. The molecule has 1 N–H and O–H groups in total. The van der Waals surface area contributed by atoms with Crippen molar-refractivity contribution in [2.45, 2.75) is 25.2 Å². The van der Waals surface area contributed by atoms with Gasteiger partial charge in [-0.3, -0.25) is 4.79 Å². The normalized spacial score (nSPS) is 17.9. The van der Waals surface area contributed by atoms with E-state index in [4.69, 9.17) is 9.84 Å². The van der Waals surface area contributed by atoms with Crippen LogP contribution in [0.4, 0.5) is 4.39 Å². The van der Waals surface area contributed by atoms with Crippen molar-refractivity contribution in [1.82, 2.24) is 0 Å². The minimum absolute atomic E-state index is 0.130. The highest BCUT2D eigenvalue weighted by Crippen LogP contribution is 2.36. The number of ether oxygens (including phenoxy) is 1. The first kappa shape index (κ1) is 10.9. The Balaban J connectivity index is 2.00. The minimum Gasteiger partial charge on any atom is -0.493 e. The molecule has 0 saturated heterocycles. The molecule has 0 fully saturated rings. The van der Waals surface area contributed by atoms with E-state index >= 15 is 0 Å². The maximum absolute atomic E-state index is 13.0. The fourth-order valence-electron chi connectivity index (χ4n) is 1.99. The maximum atomic E-state index is 13.0. The Kier molecular flexibility index (Phi) is 3.08. The topological polar surface area (TPSA) is 46.5 Å². The van der Waals surface area contributed by atoms with Crippen LogP contribution in [-0.2, 0) is 4.79 Å². The summed E-state index contributed by atoms with van der Waals surface area (Å²) in [5, 5.41) is 8.54. The number of hydrogen-bond acceptors (Lipinski definition) is 2. The third kappa shape index (κ3) is 2.32. The molecule has 1 aliphatic heterocycles. The van der Waals surface area contributed by atoms with Gasteiger partial charge in [-0.05, 0) is 31.0 Å². The van der Waals surface area contributed by atoms with Gasteiger partial charge in [0, 0.05) is 17.9 Å². The first-order chi connectivity index (χ1) is 7.66. The van der Waals surface area contributed by atoms with Crippen molar-refractivity contribution in [3.05, 3.63) is 29.6 Å². The van der Waals surface area contributed by atoms with E-state index in [-0.39, 0.29) is 18.2 Å². The molecule has 2 rings (SSSR count). The van der Waals surface area contributed by atoms with Crippen molar-refractivity contribution in [1.29, 1.82) is 0 Å². The van der Waals surface area contributed by atoms with Crippen LogP contribution in [0.2, 0.25) is 0 Å². The molecule has 0 bridgehead atoms. The average molecular weight is 224 g/mol. The van der Waals surface area contributed by atoms with Crippen molar-refractivity contribution in [3.63, 3.8) is 0 Å². The van der Waals surface area contributed by atoms with E-state index in [1.807, 2.05) is 0 Å². The van der Waals surface area contributed by atoms with E-state index in [0.717, 1.165) is 17.7 Å². The summed E-state index contributed by atoms with van der Waals surface area (Å²) in [5.74, 6) is -0.211. The van der Waals surface area contributed by atoms with Crippen LogP contribution in [0.3, 0.4) is 0 Å². The number of carboxylic acid groups (broad SMARTS) is 1. The molecular weight excluding hydrogens is 211 g/mol. The highest BCUT2D eigenvalue weighted by Gasteiger charge is 2.24. The Morgan fingerprint density at radius 2 is 2.38 bits per heavy atom. The van der Waals surface area contributed by atoms with Crippen molar-refractivity contribution >= 4 is 5.97 Å². The van der Waals surface area contributed by atoms with Crippen molar-refractivity contribution in [3.8, 4) is 5.75 Å². The van der Waals surface area contributed by atoms with Gasteiger partial charge in [0.15, 0.2) is 0 Å². The van der Waals surface area contributed by atoms with Crippen LogP contribution < -0.4 is 4.74 Å². The quantitative estimate of drug-likeness (QED) is 0.854. The highest BCUT2D eigenvalue weighted by atomic mass is 19.1. The van der Waals surface area contributed by atoms with Gasteiger partial charge in [0.25, 0.3) is 0 Å². The molecule has 0 radical (unpaired) electrons. The number of rotatable bonds is 4. The summed E-state index contributed by atoms with van der Waals surface area (Å²) in [6.07, 6.45) is 1.48. The van der Waals surface area contributed by atoms with E-state index in [0.29, 0.717) is 13.0 Å². The zero-order valence-electron chi connectivity index (χ0n) is 8.78. The summed E-state index contributed by atoms with van der Waals surface area (Å²) in [6, 6.07) is 4.48. The summed E-state index contributed by atoms with van der Waals surface area (Å²) in [6.45, 7) is 0.526. The lowest BCUT2D eigenvalue weighted by Crippen LogP contribution is -2.02. The van der Waals surface area contributed by atoms with Crippen LogP contribution in [0, 0.1) is 5.82 Å². The number of carboxylic acids is 1. The standard InChI is InChI=1S/C12H13FO3/c13-9-4-5-11-10(6-9)8(7-16-11)2-1-3-12(14)15/h4-6,8H,1-3,7H2,(H,14,15). The van der Waals surface area contributed by atoms with Crippen LogP contribution in [0.25, 0.3) is 0 Å². The Labute approximate surface area is 92.9 Å². The molecule has 1 aliphatic rings. The lowest BCUT2D eigenvalue weighted by atomic mass is 9.95. The lowest BCUT2D eigenvalue weighted by Gasteiger charge is -2.07. The Bertz CT molecular complexity index is 403. The predicted molar refractivity (Wildman–Crippen MR) is 56.1 cm³/mol. The molecule has 1 aromatic rings. The van der Waals surface area contributed by atoms with Gasteiger partial charge in [-0.25, -0.2) is 4.39 Å². The maximum Gasteiger partial charge on any atom is 0.303 e. The van der Waals surface area contributed by atoms with Crippen LogP contribution in [0.1, 0.15) is 30.7 Å². The molecule has 3 nitrogen and oxygen atoms in total. The third-order valence-electron chi connectivity index (χ3n) is 2.79. The second kappa shape index (κ2) is 4.51. The molecule has 0 amide bonds. The number of fused-ring (bicyclic) bond motifs is 1. The molecular formula is C12H13FO3. The molecule has 0 aliphatic carbocycles. The molecule has 1 unspecified atom stereocenters. The van der Waals surface area contributed by atoms with Gasteiger partial charge in [0.1, 0.15) is 11.6 Å². The van der Waals surface area contributed by atoms with Crippen molar-refractivity contribution < 1.29 is 19.0 Å². The Morgan fingerprint density at radius 1 is 1.56 bits per heavy atom. The van der Waals surface area contributed by atoms with Gasteiger partial charge in [-0.15, -0.1) is 0 Å². The molecule has 4 heteroatoms. The van der Waals surface area contributed by atoms with E-state index in [1.165, 1.54) is 12.1 Å². The summed E-state index contributed by atoms with van der Waals surface area (Å²) >= 11 is 0. The molecule has 1 aromatic carbocycles. The highest BCUT2D eigenvalue weighted by molar-refractivity contribution is 5.66. The van der Waals surface area contributed by atoms with Gasteiger partial charge >= 0.3 is 5.97 Å². The second-order valence-corrected chi connectivity index (χ2v) is 3.98. The zero-order chi connectivity index (χ0) is 11.5. The molecule has 0 saturated carbocycles. The first-order valence-electron chi connectivity index (χ1n) is 5.31. The molecule has 16 heavy (non-hydrogen) atoms. The summed E-state index contributed by atoms with van der Waals surface area (Å²) in [4.78, 5) is 10.4. The number of benzene rings is 1. The average Bonchev–Trinajstić information content (AvgIpc) is 2.60. The Morgan fingerprint density at radius 3 is 3.12 bits per heavy atom. The van der Waals surface area contributed by atoms with E-state index in [9.17, 15) is 9.18 Å². The third-order valence-corrected chi connectivity index (χ3v) is 2.79. The number of aliphatic carboxylic acids is 1. The monoisotopic (exact) mass is 224 g/mol. The zero-order valence-corrected chi connectivity index (χ0v) is 8.78. The molecule has 86 valence electrons. The molecule has 1 atom stereocenters. The summed E-state index contributed by atoms with van der Waals surface area (Å²) < 4.78 is 18.4. The van der Waals surface area contributed by atoms with Crippen molar-refractivity contribution in [2.75, 3.05) is 6.61 Å². The van der Waals surface area contributed by atoms with Gasteiger partial charge in [0.2, 0.25) is 0 Å².